The summed E-state index contributed by atoms with van der Waals surface area (Å²) < 4.78 is 5.97. The minimum Gasteiger partial charge on any atom is -0.497 e. The summed E-state index contributed by atoms with van der Waals surface area (Å²) in [5.74, 6) is -1.42. The molecular weight excluding hydrogens is 476 g/mol. The molecule has 0 aromatic heterocycles. The number of nitrogens with one attached hydrogen (secondary N) is 2. The van der Waals surface area contributed by atoms with Gasteiger partial charge in [0, 0.05) is 15.7 Å². The van der Waals surface area contributed by atoms with Crippen molar-refractivity contribution in [2.45, 2.75) is 0 Å². The molecule has 0 heterocycles. The third kappa shape index (κ3) is 6.05. The first-order valence-corrected chi connectivity index (χ1v) is 10.2. The summed E-state index contributed by atoms with van der Waals surface area (Å²) in [5, 5.41) is 14.3. The van der Waals surface area contributed by atoms with Crippen molar-refractivity contribution in [2.75, 3.05) is 12.4 Å². The standard InChI is InChI=1S/C24H19BrN2O5/c1-32-20-12-2-15(3-13-20)14-21(27-22(28)16-4-8-18(25)9-5-16)23(29)26-19-10-6-17(7-11-19)24(30)31/h2-14H,1H3,(H,26,29)(H,27,28)(H,30,31)/b21-14+. The molecule has 0 fully saturated rings. The Morgan fingerprint density at radius 2 is 1.47 bits per heavy atom. The lowest BCUT2D eigenvalue weighted by Crippen LogP contribution is -2.30. The van der Waals surface area contributed by atoms with Crippen LogP contribution in [0.25, 0.3) is 6.08 Å². The Bertz CT molecular complexity index is 1150. The third-order valence-corrected chi connectivity index (χ3v) is 4.94. The SMILES string of the molecule is COc1ccc(/C=C(/NC(=O)c2ccc(Br)cc2)C(=O)Nc2ccc(C(=O)O)cc2)cc1. The number of benzene rings is 3. The number of carboxylic acid groups (broad SMARTS) is 1. The number of hydrogen-bond acceptors (Lipinski definition) is 4. The summed E-state index contributed by atoms with van der Waals surface area (Å²) in [6.07, 6.45) is 1.54. The Hall–Kier alpha value is -3.91. The molecular formula is C24H19BrN2O5. The van der Waals surface area contributed by atoms with Gasteiger partial charge in [-0.3, -0.25) is 9.59 Å². The minimum atomic E-state index is -1.07. The van der Waals surface area contributed by atoms with Gasteiger partial charge in [0.15, 0.2) is 0 Å². The van der Waals surface area contributed by atoms with Gasteiger partial charge in [-0.1, -0.05) is 28.1 Å². The fourth-order valence-corrected chi connectivity index (χ4v) is 2.98. The first-order valence-electron chi connectivity index (χ1n) is 9.43. The third-order valence-electron chi connectivity index (χ3n) is 4.42. The molecule has 0 atom stereocenters. The van der Waals surface area contributed by atoms with Gasteiger partial charge in [-0.25, -0.2) is 4.79 Å². The Balaban J connectivity index is 1.86. The van der Waals surface area contributed by atoms with Gasteiger partial charge in [0.25, 0.3) is 11.8 Å². The van der Waals surface area contributed by atoms with Gasteiger partial charge >= 0.3 is 5.97 Å². The summed E-state index contributed by atoms with van der Waals surface area (Å²) >= 11 is 3.32. The summed E-state index contributed by atoms with van der Waals surface area (Å²) in [5.41, 5.74) is 1.56. The molecule has 2 amide bonds. The van der Waals surface area contributed by atoms with E-state index in [-0.39, 0.29) is 11.3 Å². The van der Waals surface area contributed by atoms with Crippen molar-refractivity contribution in [1.29, 1.82) is 0 Å². The molecule has 0 aliphatic heterocycles. The molecule has 0 saturated carbocycles. The maximum absolute atomic E-state index is 12.9. The highest BCUT2D eigenvalue weighted by Crippen LogP contribution is 2.16. The molecule has 8 heteroatoms. The van der Waals surface area contributed by atoms with Gasteiger partial charge in [-0.05, 0) is 72.3 Å². The molecule has 3 aromatic carbocycles. The van der Waals surface area contributed by atoms with Gasteiger partial charge in [0.05, 0.1) is 12.7 Å². The monoisotopic (exact) mass is 494 g/mol. The number of carboxylic acids is 1. The van der Waals surface area contributed by atoms with E-state index in [9.17, 15) is 14.4 Å². The Labute approximate surface area is 192 Å². The number of hydrogen-bond donors (Lipinski definition) is 3. The molecule has 162 valence electrons. The zero-order valence-corrected chi connectivity index (χ0v) is 18.5. The quantitative estimate of drug-likeness (QED) is 0.417. The van der Waals surface area contributed by atoms with Crippen LogP contribution in [0.1, 0.15) is 26.3 Å². The van der Waals surface area contributed by atoms with Crippen molar-refractivity contribution in [2.24, 2.45) is 0 Å². The molecule has 0 radical (unpaired) electrons. The summed E-state index contributed by atoms with van der Waals surface area (Å²) in [6.45, 7) is 0. The highest BCUT2D eigenvalue weighted by Gasteiger charge is 2.15. The van der Waals surface area contributed by atoms with E-state index >= 15 is 0 Å². The lowest BCUT2D eigenvalue weighted by Gasteiger charge is -2.12. The van der Waals surface area contributed by atoms with Crippen LogP contribution in [0.3, 0.4) is 0 Å². The van der Waals surface area contributed by atoms with E-state index in [1.807, 2.05) is 0 Å². The van der Waals surface area contributed by atoms with Gasteiger partial charge in [-0.2, -0.15) is 0 Å². The average molecular weight is 495 g/mol. The zero-order chi connectivity index (χ0) is 23.1. The Morgan fingerprint density at radius 3 is 2.03 bits per heavy atom. The van der Waals surface area contributed by atoms with E-state index in [1.54, 1.807) is 55.6 Å². The lowest BCUT2D eigenvalue weighted by molar-refractivity contribution is -0.113. The van der Waals surface area contributed by atoms with Crippen LogP contribution >= 0.6 is 15.9 Å². The number of aromatic carboxylic acids is 1. The number of carbonyl (C=O) groups excluding carboxylic acids is 2. The molecule has 3 rings (SSSR count). The number of methoxy groups -OCH3 is 1. The van der Waals surface area contributed by atoms with Crippen molar-refractivity contribution >= 4 is 45.5 Å². The highest BCUT2D eigenvalue weighted by molar-refractivity contribution is 9.10. The first-order chi connectivity index (χ1) is 15.4. The van der Waals surface area contributed by atoms with E-state index in [1.165, 1.54) is 30.3 Å². The van der Waals surface area contributed by atoms with Gasteiger partial charge in [-0.15, -0.1) is 0 Å². The average Bonchev–Trinajstić information content (AvgIpc) is 2.79. The second-order valence-electron chi connectivity index (χ2n) is 6.63. The van der Waals surface area contributed by atoms with Crippen LogP contribution in [0, 0.1) is 0 Å². The Kier molecular flexibility index (Phi) is 7.41. The number of ether oxygens (including phenoxy) is 1. The van der Waals surface area contributed by atoms with Crippen molar-refractivity contribution in [3.8, 4) is 5.75 Å². The lowest BCUT2D eigenvalue weighted by atomic mass is 10.1. The van der Waals surface area contributed by atoms with Crippen LogP contribution in [-0.2, 0) is 4.79 Å². The largest absolute Gasteiger partial charge is 0.497 e. The van der Waals surface area contributed by atoms with Crippen LogP contribution < -0.4 is 15.4 Å². The number of carbonyl (C=O) groups is 3. The maximum atomic E-state index is 12.9. The van der Waals surface area contributed by atoms with E-state index in [2.05, 4.69) is 26.6 Å². The second-order valence-corrected chi connectivity index (χ2v) is 7.54. The maximum Gasteiger partial charge on any atom is 0.335 e. The fraction of sp³-hybridized carbons (Fsp3) is 0.0417. The topological polar surface area (TPSA) is 105 Å². The number of anilines is 1. The van der Waals surface area contributed by atoms with Crippen LogP contribution in [-0.4, -0.2) is 30.0 Å². The Morgan fingerprint density at radius 1 is 0.875 bits per heavy atom. The fourth-order valence-electron chi connectivity index (χ4n) is 2.72. The molecule has 0 bridgehead atoms. The van der Waals surface area contributed by atoms with Crippen LogP contribution in [0.4, 0.5) is 5.69 Å². The molecule has 7 nitrogen and oxygen atoms in total. The van der Waals surface area contributed by atoms with Crippen LogP contribution in [0.2, 0.25) is 0 Å². The second kappa shape index (κ2) is 10.4. The van der Waals surface area contributed by atoms with Crippen LogP contribution in [0.15, 0.2) is 83.0 Å². The summed E-state index contributed by atoms with van der Waals surface area (Å²) in [4.78, 5) is 36.7. The first kappa shape index (κ1) is 22.8. The van der Waals surface area contributed by atoms with Crippen molar-refractivity contribution in [3.63, 3.8) is 0 Å². The van der Waals surface area contributed by atoms with E-state index < -0.39 is 17.8 Å². The van der Waals surface area contributed by atoms with Gasteiger partial charge in [0.2, 0.25) is 0 Å². The van der Waals surface area contributed by atoms with E-state index in [0.717, 1.165) is 4.47 Å². The van der Waals surface area contributed by atoms with Crippen molar-refractivity contribution < 1.29 is 24.2 Å². The number of amides is 2. The van der Waals surface area contributed by atoms with Gasteiger partial charge in [0.1, 0.15) is 11.4 Å². The molecule has 32 heavy (non-hydrogen) atoms. The smallest absolute Gasteiger partial charge is 0.335 e. The zero-order valence-electron chi connectivity index (χ0n) is 17.0. The molecule has 0 aliphatic carbocycles. The molecule has 0 aliphatic rings. The molecule has 0 unspecified atom stereocenters. The predicted octanol–water partition coefficient (Wildman–Crippen LogP) is 4.57. The molecule has 3 N–H and O–H groups in total. The number of rotatable bonds is 7. The van der Waals surface area contributed by atoms with Crippen molar-refractivity contribution in [1.82, 2.24) is 5.32 Å². The molecule has 0 saturated heterocycles. The predicted molar refractivity (Wildman–Crippen MR) is 125 cm³/mol. The van der Waals surface area contributed by atoms with Crippen LogP contribution in [0.5, 0.6) is 5.75 Å². The number of halogens is 1. The van der Waals surface area contributed by atoms with Gasteiger partial charge < -0.3 is 20.5 Å². The van der Waals surface area contributed by atoms with E-state index in [0.29, 0.717) is 22.6 Å². The van der Waals surface area contributed by atoms with Crippen molar-refractivity contribution in [3.05, 3.63) is 99.7 Å². The van der Waals surface area contributed by atoms with E-state index in [4.69, 9.17) is 9.84 Å². The minimum absolute atomic E-state index is 0.0189. The summed E-state index contributed by atoms with van der Waals surface area (Å²) in [6, 6.07) is 19.4. The summed E-state index contributed by atoms with van der Waals surface area (Å²) in [7, 11) is 1.55. The molecule has 3 aromatic rings. The molecule has 0 spiro atoms. The highest BCUT2D eigenvalue weighted by atomic mass is 79.9. The normalized spacial score (nSPS) is 10.9.